The number of carboxylic acids is 1. The van der Waals surface area contributed by atoms with E-state index in [-0.39, 0.29) is 17.6 Å². The molecule has 2 saturated heterocycles. The molecule has 7 heteroatoms. The third kappa shape index (κ3) is 3.04. The average molecular weight is 305 g/mol. The van der Waals surface area contributed by atoms with Crippen molar-refractivity contribution < 1.29 is 19.4 Å². The number of pyridine rings is 1. The molecule has 0 radical (unpaired) electrons. The Kier molecular flexibility index (Phi) is 4.24. The highest BCUT2D eigenvalue weighted by Gasteiger charge is 2.30. The lowest BCUT2D eigenvalue weighted by molar-refractivity contribution is -0.141. The van der Waals surface area contributed by atoms with Crippen LogP contribution >= 0.6 is 0 Å². The van der Waals surface area contributed by atoms with Crippen molar-refractivity contribution >= 4 is 17.7 Å². The van der Waals surface area contributed by atoms with Crippen LogP contribution in [-0.2, 0) is 9.53 Å². The lowest BCUT2D eigenvalue weighted by Gasteiger charge is -2.36. The molecule has 0 aromatic carbocycles. The number of ether oxygens (including phenoxy) is 1. The summed E-state index contributed by atoms with van der Waals surface area (Å²) in [6.45, 7) is 3.34. The Balaban J connectivity index is 1.57. The highest BCUT2D eigenvalue weighted by Crippen LogP contribution is 2.18. The van der Waals surface area contributed by atoms with Gasteiger partial charge in [-0.2, -0.15) is 0 Å². The number of anilines is 1. The fourth-order valence-electron chi connectivity index (χ4n) is 2.83. The van der Waals surface area contributed by atoms with E-state index in [0.29, 0.717) is 32.8 Å². The smallest absolute Gasteiger partial charge is 0.337 e. The molecule has 22 heavy (non-hydrogen) atoms. The highest BCUT2D eigenvalue weighted by molar-refractivity contribution is 5.87. The summed E-state index contributed by atoms with van der Waals surface area (Å²) < 4.78 is 5.44. The predicted octanol–water partition coefficient (Wildman–Crippen LogP) is 0.607. The SMILES string of the molecule is O=C(O)c1ccc(N2CCN(C(=O)C3CCCO3)CC2)nc1. The molecule has 1 atom stereocenters. The predicted molar refractivity (Wildman–Crippen MR) is 79.0 cm³/mol. The van der Waals surface area contributed by atoms with Gasteiger partial charge in [-0.05, 0) is 25.0 Å². The molecule has 0 saturated carbocycles. The number of aromatic carboxylic acids is 1. The third-order valence-electron chi connectivity index (χ3n) is 4.12. The van der Waals surface area contributed by atoms with Gasteiger partial charge in [0.2, 0.25) is 0 Å². The summed E-state index contributed by atoms with van der Waals surface area (Å²) in [5, 5.41) is 8.88. The lowest BCUT2D eigenvalue weighted by Crippen LogP contribution is -2.51. The molecule has 1 amide bonds. The number of hydrogen-bond acceptors (Lipinski definition) is 5. The fraction of sp³-hybridized carbons (Fsp3) is 0.533. The normalized spacial score (nSPS) is 21.9. The monoisotopic (exact) mass is 305 g/mol. The minimum Gasteiger partial charge on any atom is -0.478 e. The summed E-state index contributed by atoms with van der Waals surface area (Å²) in [4.78, 5) is 31.2. The first-order valence-electron chi connectivity index (χ1n) is 7.50. The largest absolute Gasteiger partial charge is 0.478 e. The van der Waals surface area contributed by atoms with E-state index in [1.165, 1.54) is 6.20 Å². The molecule has 3 rings (SSSR count). The van der Waals surface area contributed by atoms with Gasteiger partial charge in [0.05, 0.1) is 5.56 Å². The van der Waals surface area contributed by atoms with Gasteiger partial charge in [0.25, 0.3) is 5.91 Å². The Labute approximate surface area is 128 Å². The van der Waals surface area contributed by atoms with Gasteiger partial charge in [-0.1, -0.05) is 0 Å². The number of aromatic nitrogens is 1. The Bertz CT molecular complexity index is 546. The summed E-state index contributed by atoms with van der Waals surface area (Å²) >= 11 is 0. The lowest BCUT2D eigenvalue weighted by atomic mass is 10.2. The van der Waals surface area contributed by atoms with Crippen molar-refractivity contribution in [2.75, 3.05) is 37.7 Å². The molecule has 2 fully saturated rings. The van der Waals surface area contributed by atoms with Crippen molar-refractivity contribution in [1.29, 1.82) is 0 Å². The van der Waals surface area contributed by atoms with Crippen molar-refractivity contribution in [2.45, 2.75) is 18.9 Å². The van der Waals surface area contributed by atoms with E-state index in [1.54, 1.807) is 12.1 Å². The van der Waals surface area contributed by atoms with Crippen LogP contribution in [0.5, 0.6) is 0 Å². The van der Waals surface area contributed by atoms with Gasteiger partial charge in [-0.3, -0.25) is 4.79 Å². The second kappa shape index (κ2) is 6.31. The van der Waals surface area contributed by atoms with Crippen molar-refractivity contribution in [3.05, 3.63) is 23.9 Å². The van der Waals surface area contributed by atoms with Gasteiger partial charge in [0.15, 0.2) is 0 Å². The number of carboxylic acid groups (broad SMARTS) is 1. The van der Waals surface area contributed by atoms with E-state index in [2.05, 4.69) is 9.88 Å². The van der Waals surface area contributed by atoms with Gasteiger partial charge in [-0.25, -0.2) is 9.78 Å². The molecule has 1 aromatic rings. The van der Waals surface area contributed by atoms with Crippen molar-refractivity contribution in [3.63, 3.8) is 0 Å². The van der Waals surface area contributed by atoms with E-state index >= 15 is 0 Å². The summed E-state index contributed by atoms with van der Waals surface area (Å²) in [6, 6.07) is 3.26. The first-order valence-corrected chi connectivity index (χ1v) is 7.50. The van der Waals surface area contributed by atoms with E-state index in [9.17, 15) is 9.59 Å². The molecule has 1 aromatic heterocycles. The second-order valence-electron chi connectivity index (χ2n) is 5.52. The Morgan fingerprint density at radius 3 is 2.55 bits per heavy atom. The van der Waals surface area contributed by atoms with Crippen LogP contribution in [0, 0.1) is 0 Å². The number of carbonyl (C=O) groups excluding carboxylic acids is 1. The minimum atomic E-state index is -0.981. The molecule has 1 N–H and O–H groups in total. The number of amides is 1. The van der Waals surface area contributed by atoms with Gasteiger partial charge >= 0.3 is 5.97 Å². The van der Waals surface area contributed by atoms with Gasteiger partial charge in [-0.15, -0.1) is 0 Å². The number of piperazine rings is 1. The Hall–Kier alpha value is -2.15. The molecule has 118 valence electrons. The van der Waals surface area contributed by atoms with Gasteiger partial charge in [0.1, 0.15) is 11.9 Å². The molecular formula is C15H19N3O4. The zero-order valence-electron chi connectivity index (χ0n) is 12.3. The van der Waals surface area contributed by atoms with Crippen molar-refractivity contribution in [3.8, 4) is 0 Å². The van der Waals surface area contributed by atoms with Crippen LogP contribution in [0.3, 0.4) is 0 Å². The fourth-order valence-corrected chi connectivity index (χ4v) is 2.83. The van der Waals surface area contributed by atoms with Gasteiger partial charge < -0.3 is 19.6 Å². The molecule has 2 aliphatic heterocycles. The van der Waals surface area contributed by atoms with Crippen LogP contribution in [0.4, 0.5) is 5.82 Å². The van der Waals surface area contributed by atoms with Crippen molar-refractivity contribution in [1.82, 2.24) is 9.88 Å². The third-order valence-corrected chi connectivity index (χ3v) is 4.12. The van der Waals surface area contributed by atoms with E-state index in [0.717, 1.165) is 18.7 Å². The maximum absolute atomic E-state index is 12.3. The van der Waals surface area contributed by atoms with Crippen LogP contribution in [-0.4, -0.2) is 65.8 Å². The van der Waals surface area contributed by atoms with Crippen LogP contribution < -0.4 is 4.90 Å². The molecular weight excluding hydrogens is 286 g/mol. The molecule has 0 aliphatic carbocycles. The Morgan fingerprint density at radius 1 is 1.23 bits per heavy atom. The number of hydrogen-bond donors (Lipinski definition) is 1. The number of rotatable bonds is 3. The zero-order valence-corrected chi connectivity index (χ0v) is 12.3. The highest BCUT2D eigenvalue weighted by atomic mass is 16.5. The van der Waals surface area contributed by atoms with Crippen LogP contribution in [0.15, 0.2) is 18.3 Å². The van der Waals surface area contributed by atoms with Crippen LogP contribution in [0.25, 0.3) is 0 Å². The molecule has 0 spiro atoms. The van der Waals surface area contributed by atoms with Crippen molar-refractivity contribution in [2.24, 2.45) is 0 Å². The van der Waals surface area contributed by atoms with Crippen LogP contribution in [0.2, 0.25) is 0 Å². The van der Waals surface area contributed by atoms with E-state index in [1.807, 2.05) is 4.90 Å². The molecule has 2 aliphatic rings. The summed E-state index contributed by atoms with van der Waals surface area (Å²) in [5.41, 5.74) is 0.177. The zero-order chi connectivity index (χ0) is 15.5. The first kappa shape index (κ1) is 14.8. The second-order valence-corrected chi connectivity index (χ2v) is 5.52. The standard InChI is InChI=1S/C15H19N3O4/c19-14(12-2-1-9-22-12)18-7-5-17(6-8-18)13-4-3-11(10-16-13)15(20)21/h3-4,10,12H,1-2,5-9H2,(H,20,21). The molecule has 1 unspecified atom stereocenters. The quantitative estimate of drug-likeness (QED) is 0.881. The Morgan fingerprint density at radius 2 is 2.00 bits per heavy atom. The molecule has 3 heterocycles. The minimum absolute atomic E-state index is 0.0892. The number of carbonyl (C=O) groups is 2. The maximum Gasteiger partial charge on any atom is 0.337 e. The average Bonchev–Trinajstić information content (AvgIpc) is 3.09. The van der Waals surface area contributed by atoms with Crippen LogP contribution in [0.1, 0.15) is 23.2 Å². The summed E-state index contributed by atoms with van der Waals surface area (Å²) in [6.07, 6.45) is 2.87. The molecule has 0 bridgehead atoms. The first-order chi connectivity index (χ1) is 10.6. The van der Waals surface area contributed by atoms with E-state index in [4.69, 9.17) is 9.84 Å². The number of nitrogens with zero attached hydrogens (tertiary/aromatic N) is 3. The summed E-state index contributed by atoms with van der Waals surface area (Å²) in [5.74, 6) is -0.147. The molecule has 7 nitrogen and oxygen atoms in total. The van der Waals surface area contributed by atoms with Gasteiger partial charge in [0, 0.05) is 39.0 Å². The van der Waals surface area contributed by atoms with E-state index < -0.39 is 5.97 Å². The maximum atomic E-state index is 12.3. The topological polar surface area (TPSA) is 83.0 Å². The summed E-state index contributed by atoms with van der Waals surface area (Å²) in [7, 11) is 0.